The highest BCUT2D eigenvalue weighted by Gasteiger charge is 2.12. The summed E-state index contributed by atoms with van der Waals surface area (Å²) in [7, 11) is 0. The van der Waals surface area contributed by atoms with Gasteiger partial charge in [-0.1, -0.05) is 24.3 Å². The lowest BCUT2D eigenvalue weighted by Crippen LogP contribution is -2.23. The number of hydrogen-bond acceptors (Lipinski definition) is 4. The second-order valence-electron chi connectivity index (χ2n) is 5.74. The number of nitrogens with one attached hydrogen (secondary N) is 2. The molecule has 132 valence electrons. The molecule has 0 aliphatic rings. The summed E-state index contributed by atoms with van der Waals surface area (Å²) >= 11 is 0. The number of nitriles is 1. The standard InChI is InChI=1S/C21H16N4O2/c22-12-18-6-1-2-9-19(18)25-21(27)17-8-3-7-16(11-17)20(26)24-14-15-5-4-10-23-13-15/h1-11,13H,14H2,(H,24,26)(H,25,27). The molecule has 2 amide bonds. The molecule has 2 aromatic carbocycles. The van der Waals surface area contributed by atoms with Crippen molar-refractivity contribution in [2.45, 2.75) is 6.54 Å². The normalized spacial score (nSPS) is 9.89. The molecule has 0 aliphatic carbocycles. The van der Waals surface area contributed by atoms with Crippen molar-refractivity contribution in [3.63, 3.8) is 0 Å². The molecular formula is C21H16N4O2. The first kappa shape index (κ1) is 17.8. The van der Waals surface area contributed by atoms with Crippen molar-refractivity contribution in [1.82, 2.24) is 10.3 Å². The Balaban J connectivity index is 1.70. The number of carbonyl (C=O) groups is 2. The topological polar surface area (TPSA) is 94.9 Å². The number of amides is 2. The molecule has 0 unspecified atom stereocenters. The van der Waals surface area contributed by atoms with Crippen LogP contribution in [0.15, 0.2) is 73.1 Å². The van der Waals surface area contributed by atoms with E-state index in [9.17, 15) is 9.59 Å². The first-order valence-electron chi connectivity index (χ1n) is 8.25. The fourth-order valence-corrected chi connectivity index (χ4v) is 2.47. The van der Waals surface area contributed by atoms with Gasteiger partial charge in [0.1, 0.15) is 6.07 Å². The van der Waals surface area contributed by atoms with Crippen LogP contribution in [-0.4, -0.2) is 16.8 Å². The number of benzene rings is 2. The Labute approximate surface area is 156 Å². The monoisotopic (exact) mass is 356 g/mol. The lowest BCUT2D eigenvalue weighted by atomic mass is 10.1. The molecule has 0 saturated heterocycles. The van der Waals surface area contributed by atoms with Gasteiger partial charge in [-0.3, -0.25) is 14.6 Å². The molecule has 2 N–H and O–H groups in total. The SMILES string of the molecule is N#Cc1ccccc1NC(=O)c1cccc(C(=O)NCc2cccnc2)c1. The second kappa shape index (κ2) is 8.41. The molecule has 6 nitrogen and oxygen atoms in total. The summed E-state index contributed by atoms with van der Waals surface area (Å²) in [4.78, 5) is 28.8. The first-order chi connectivity index (χ1) is 13.2. The maximum atomic E-state index is 12.5. The highest BCUT2D eigenvalue weighted by molar-refractivity contribution is 6.06. The van der Waals surface area contributed by atoms with Gasteiger partial charge in [-0.25, -0.2) is 0 Å². The highest BCUT2D eigenvalue weighted by atomic mass is 16.2. The van der Waals surface area contributed by atoms with E-state index in [-0.39, 0.29) is 11.8 Å². The minimum Gasteiger partial charge on any atom is -0.348 e. The van der Waals surface area contributed by atoms with Gasteiger partial charge in [0.05, 0.1) is 11.3 Å². The molecular weight excluding hydrogens is 340 g/mol. The van der Waals surface area contributed by atoms with E-state index in [1.54, 1.807) is 60.9 Å². The number of rotatable bonds is 5. The zero-order chi connectivity index (χ0) is 19.1. The molecule has 3 rings (SSSR count). The number of nitrogens with zero attached hydrogens (tertiary/aromatic N) is 2. The zero-order valence-corrected chi connectivity index (χ0v) is 14.3. The average Bonchev–Trinajstić information content (AvgIpc) is 2.73. The van der Waals surface area contributed by atoms with Crippen LogP contribution in [0.4, 0.5) is 5.69 Å². The largest absolute Gasteiger partial charge is 0.348 e. The fraction of sp³-hybridized carbons (Fsp3) is 0.0476. The Hall–Kier alpha value is -3.98. The number of carbonyl (C=O) groups excluding carboxylic acids is 2. The molecule has 27 heavy (non-hydrogen) atoms. The van der Waals surface area contributed by atoms with E-state index in [4.69, 9.17) is 5.26 Å². The van der Waals surface area contributed by atoms with Crippen molar-refractivity contribution in [3.05, 3.63) is 95.3 Å². The van der Waals surface area contributed by atoms with E-state index >= 15 is 0 Å². The third-order valence-electron chi connectivity index (χ3n) is 3.86. The predicted molar refractivity (Wildman–Crippen MR) is 101 cm³/mol. The maximum Gasteiger partial charge on any atom is 0.255 e. The van der Waals surface area contributed by atoms with Crippen LogP contribution < -0.4 is 10.6 Å². The van der Waals surface area contributed by atoms with Crippen molar-refractivity contribution >= 4 is 17.5 Å². The predicted octanol–water partition coefficient (Wildman–Crippen LogP) is 3.14. The minimum atomic E-state index is -0.389. The molecule has 0 spiro atoms. The lowest BCUT2D eigenvalue weighted by Gasteiger charge is -2.09. The van der Waals surface area contributed by atoms with Gasteiger partial charge in [0.25, 0.3) is 11.8 Å². The molecule has 1 aromatic heterocycles. The van der Waals surface area contributed by atoms with Crippen molar-refractivity contribution in [2.24, 2.45) is 0 Å². The van der Waals surface area contributed by atoms with Gasteiger partial charge in [0.15, 0.2) is 0 Å². The van der Waals surface area contributed by atoms with Gasteiger partial charge in [0.2, 0.25) is 0 Å². The number of para-hydroxylation sites is 1. The van der Waals surface area contributed by atoms with Gasteiger partial charge in [0, 0.05) is 30.1 Å². The molecule has 0 fully saturated rings. The lowest BCUT2D eigenvalue weighted by molar-refractivity contribution is 0.0951. The number of anilines is 1. The second-order valence-corrected chi connectivity index (χ2v) is 5.74. The van der Waals surface area contributed by atoms with E-state index in [0.717, 1.165) is 5.56 Å². The van der Waals surface area contributed by atoms with Crippen LogP contribution in [0.2, 0.25) is 0 Å². The van der Waals surface area contributed by atoms with Crippen molar-refractivity contribution in [3.8, 4) is 6.07 Å². The summed E-state index contributed by atoms with van der Waals surface area (Å²) in [5.41, 5.74) is 2.39. The van der Waals surface area contributed by atoms with Crippen LogP contribution in [0, 0.1) is 11.3 Å². The number of pyridine rings is 1. The summed E-state index contributed by atoms with van der Waals surface area (Å²) in [5.74, 6) is -0.675. The van der Waals surface area contributed by atoms with Crippen LogP contribution in [-0.2, 0) is 6.54 Å². The van der Waals surface area contributed by atoms with Gasteiger partial charge in [-0.2, -0.15) is 5.26 Å². The van der Waals surface area contributed by atoms with E-state index in [1.807, 2.05) is 12.1 Å². The smallest absolute Gasteiger partial charge is 0.255 e. The Bertz CT molecular complexity index is 1010. The summed E-state index contributed by atoms with van der Waals surface area (Å²) in [6.07, 6.45) is 3.34. The van der Waals surface area contributed by atoms with Crippen molar-refractivity contribution in [2.75, 3.05) is 5.32 Å². The van der Waals surface area contributed by atoms with Crippen LogP contribution in [0.25, 0.3) is 0 Å². The van der Waals surface area contributed by atoms with Crippen LogP contribution in [0.3, 0.4) is 0 Å². The Kier molecular flexibility index (Phi) is 5.55. The molecule has 0 atom stereocenters. The molecule has 6 heteroatoms. The first-order valence-corrected chi connectivity index (χ1v) is 8.25. The van der Waals surface area contributed by atoms with Crippen LogP contribution in [0.5, 0.6) is 0 Å². The summed E-state index contributed by atoms with van der Waals surface area (Å²) < 4.78 is 0. The summed E-state index contributed by atoms with van der Waals surface area (Å²) in [5, 5.41) is 14.6. The Morgan fingerprint density at radius 1 is 0.963 bits per heavy atom. The zero-order valence-electron chi connectivity index (χ0n) is 14.3. The summed E-state index contributed by atoms with van der Waals surface area (Å²) in [6.45, 7) is 0.346. The van der Waals surface area contributed by atoms with E-state index in [0.29, 0.717) is 28.9 Å². The third kappa shape index (κ3) is 4.55. The molecule has 0 radical (unpaired) electrons. The molecule has 1 heterocycles. The van der Waals surface area contributed by atoms with Gasteiger partial charge >= 0.3 is 0 Å². The molecule has 0 saturated carbocycles. The van der Waals surface area contributed by atoms with Crippen molar-refractivity contribution in [1.29, 1.82) is 5.26 Å². The van der Waals surface area contributed by atoms with Gasteiger partial charge < -0.3 is 10.6 Å². The summed E-state index contributed by atoms with van der Waals surface area (Å²) in [6, 6.07) is 18.8. The van der Waals surface area contributed by atoms with Gasteiger partial charge in [-0.15, -0.1) is 0 Å². The third-order valence-corrected chi connectivity index (χ3v) is 3.86. The molecule has 0 bridgehead atoms. The highest BCUT2D eigenvalue weighted by Crippen LogP contribution is 2.15. The van der Waals surface area contributed by atoms with Gasteiger partial charge in [-0.05, 0) is 42.0 Å². The average molecular weight is 356 g/mol. The molecule has 0 aliphatic heterocycles. The van der Waals surface area contributed by atoms with E-state index in [2.05, 4.69) is 15.6 Å². The number of hydrogen-bond donors (Lipinski definition) is 2. The van der Waals surface area contributed by atoms with E-state index in [1.165, 1.54) is 6.07 Å². The number of aromatic nitrogens is 1. The quantitative estimate of drug-likeness (QED) is 0.734. The Morgan fingerprint density at radius 3 is 2.48 bits per heavy atom. The molecule has 3 aromatic rings. The van der Waals surface area contributed by atoms with Crippen LogP contribution in [0.1, 0.15) is 31.8 Å². The van der Waals surface area contributed by atoms with Crippen molar-refractivity contribution < 1.29 is 9.59 Å². The van der Waals surface area contributed by atoms with Crippen LogP contribution >= 0.6 is 0 Å². The minimum absolute atomic E-state index is 0.286. The Morgan fingerprint density at radius 2 is 1.74 bits per heavy atom. The van der Waals surface area contributed by atoms with E-state index < -0.39 is 0 Å². The fourth-order valence-electron chi connectivity index (χ4n) is 2.47. The maximum absolute atomic E-state index is 12.5.